The number of aryl methyl sites for hydroxylation is 3. The number of anilines is 1. The molecule has 3 rings (SSSR count). The topological polar surface area (TPSA) is 67.2 Å². The molecular weight excluding hydrogens is 472 g/mol. The summed E-state index contributed by atoms with van der Waals surface area (Å²) < 4.78 is 1.80. The molecule has 0 bridgehead atoms. The molecule has 38 heavy (non-hydrogen) atoms. The molecule has 3 aromatic rings. The fraction of sp³-hybridized carbons (Fsp3) is 0.469. The summed E-state index contributed by atoms with van der Waals surface area (Å²) in [7, 11) is 0. The van der Waals surface area contributed by atoms with Crippen LogP contribution in [-0.2, 0) is 16.6 Å². The van der Waals surface area contributed by atoms with Gasteiger partial charge in [-0.15, -0.1) is 0 Å². The van der Waals surface area contributed by atoms with Gasteiger partial charge in [0.05, 0.1) is 11.4 Å². The highest BCUT2D eigenvalue weighted by molar-refractivity contribution is 5.99. The van der Waals surface area contributed by atoms with Gasteiger partial charge >= 0.3 is 0 Å². The zero-order valence-electron chi connectivity index (χ0n) is 24.4. The van der Waals surface area contributed by atoms with Crippen LogP contribution in [0.5, 0.6) is 0 Å². The van der Waals surface area contributed by atoms with Crippen molar-refractivity contribution in [1.29, 1.82) is 0 Å². The maximum Gasteiger partial charge on any atom is 0.254 e. The second kappa shape index (κ2) is 12.4. The predicted octanol–water partition coefficient (Wildman–Crippen LogP) is 6.87. The first-order valence-electron chi connectivity index (χ1n) is 13.7. The molecule has 0 radical (unpaired) electrons. The van der Waals surface area contributed by atoms with Gasteiger partial charge in [-0.05, 0) is 61.9 Å². The van der Waals surface area contributed by atoms with Crippen LogP contribution in [0.1, 0.15) is 87.1 Å². The van der Waals surface area contributed by atoms with E-state index in [1.807, 2.05) is 49.4 Å². The number of unbranched alkanes of at least 4 members (excludes halogenated alkanes) is 1. The van der Waals surface area contributed by atoms with Gasteiger partial charge in [0.25, 0.3) is 5.91 Å². The molecule has 0 saturated carbocycles. The monoisotopic (exact) mass is 516 g/mol. The van der Waals surface area contributed by atoms with Gasteiger partial charge < -0.3 is 10.2 Å². The lowest BCUT2D eigenvalue weighted by Crippen LogP contribution is -2.40. The summed E-state index contributed by atoms with van der Waals surface area (Å²) in [5.41, 5.74) is 5.68. The Balaban J connectivity index is 1.85. The molecule has 204 valence electrons. The molecule has 1 aromatic heterocycles. The number of amides is 2. The van der Waals surface area contributed by atoms with E-state index in [0.717, 1.165) is 36.2 Å². The Hall–Kier alpha value is -3.41. The van der Waals surface area contributed by atoms with Crippen LogP contribution in [0.15, 0.2) is 48.5 Å². The minimum absolute atomic E-state index is 0.0302. The standard InChI is InChI=1S/C32H44N4O2/c1-9-10-11-25-13-15-26(16-14-25)31(38)35(20-22(2)3)21-30(37)33-29-19-28(32(6,7)8)34-36(29)27-17-12-23(4)18-24(27)5/h12-19,22H,9-11,20-21H2,1-8H3,(H,33,37). The van der Waals surface area contributed by atoms with E-state index in [1.165, 1.54) is 11.1 Å². The average molecular weight is 517 g/mol. The molecule has 0 saturated heterocycles. The number of rotatable bonds is 10. The van der Waals surface area contributed by atoms with E-state index in [4.69, 9.17) is 5.10 Å². The van der Waals surface area contributed by atoms with Crippen LogP contribution in [0.2, 0.25) is 0 Å². The molecule has 0 aliphatic carbocycles. The van der Waals surface area contributed by atoms with Crippen LogP contribution in [0.25, 0.3) is 5.69 Å². The number of carbonyl (C=O) groups is 2. The molecule has 0 spiro atoms. The maximum absolute atomic E-state index is 13.4. The number of hydrogen-bond acceptors (Lipinski definition) is 3. The fourth-order valence-electron chi connectivity index (χ4n) is 4.46. The van der Waals surface area contributed by atoms with Gasteiger partial charge in [-0.3, -0.25) is 9.59 Å². The Kier molecular flexibility index (Phi) is 9.53. The van der Waals surface area contributed by atoms with Gasteiger partial charge in [0.15, 0.2) is 0 Å². The number of carbonyl (C=O) groups excluding carboxylic acids is 2. The lowest BCUT2D eigenvalue weighted by molar-refractivity contribution is -0.117. The van der Waals surface area contributed by atoms with E-state index in [2.05, 4.69) is 59.8 Å². The molecule has 6 heteroatoms. The predicted molar refractivity (Wildman–Crippen MR) is 156 cm³/mol. The zero-order valence-corrected chi connectivity index (χ0v) is 24.4. The van der Waals surface area contributed by atoms with E-state index in [9.17, 15) is 9.59 Å². The summed E-state index contributed by atoms with van der Waals surface area (Å²) in [6, 6.07) is 15.9. The van der Waals surface area contributed by atoms with Gasteiger partial charge in [-0.2, -0.15) is 5.10 Å². The molecule has 6 nitrogen and oxygen atoms in total. The molecule has 2 aromatic carbocycles. The van der Waals surface area contributed by atoms with Crippen LogP contribution < -0.4 is 5.32 Å². The molecule has 1 heterocycles. The van der Waals surface area contributed by atoms with Crippen molar-refractivity contribution in [1.82, 2.24) is 14.7 Å². The highest BCUT2D eigenvalue weighted by atomic mass is 16.2. The summed E-state index contributed by atoms with van der Waals surface area (Å²) in [5.74, 6) is 0.451. The van der Waals surface area contributed by atoms with Crippen LogP contribution in [-0.4, -0.2) is 39.6 Å². The lowest BCUT2D eigenvalue weighted by atomic mass is 9.92. The number of hydrogen-bond donors (Lipinski definition) is 1. The van der Waals surface area contributed by atoms with Gasteiger partial charge in [-0.25, -0.2) is 4.68 Å². The Morgan fingerprint density at radius 2 is 1.71 bits per heavy atom. The normalized spacial score (nSPS) is 11.6. The third-order valence-electron chi connectivity index (χ3n) is 6.55. The van der Waals surface area contributed by atoms with Gasteiger partial charge in [0, 0.05) is 23.6 Å². The van der Waals surface area contributed by atoms with Gasteiger partial charge in [-0.1, -0.05) is 77.8 Å². The summed E-state index contributed by atoms with van der Waals surface area (Å²) >= 11 is 0. The first-order valence-corrected chi connectivity index (χ1v) is 13.7. The minimum Gasteiger partial charge on any atom is -0.329 e. The molecular formula is C32H44N4O2. The van der Waals surface area contributed by atoms with Crippen molar-refractivity contribution in [2.45, 2.75) is 80.1 Å². The van der Waals surface area contributed by atoms with Gasteiger partial charge in [0.1, 0.15) is 12.4 Å². The average Bonchev–Trinajstić information content (AvgIpc) is 3.25. The quantitative estimate of drug-likeness (QED) is 0.320. The minimum atomic E-state index is -0.245. The summed E-state index contributed by atoms with van der Waals surface area (Å²) in [5, 5.41) is 7.91. The Bertz CT molecular complexity index is 1250. The van der Waals surface area contributed by atoms with Gasteiger partial charge in [0.2, 0.25) is 5.91 Å². The van der Waals surface area contributed by atoms with Crippen molar-refractivity contribution in [3.05, 3.63) is 76.5 Å². The third kappa shape index (κ3) is 7.56. The Morgan fingerprint density at radius 3 is 2.29 bits per heavy atom. The SMILES string of the molecule is CCCCc1ccc(C(=O)N(CC(=O)Nc2cc(C(C)(C)C)nn2-c2ccc(C)cc2C)CC(C)C)cc1. The summed E-state index contributed by atoms with van der Waals surface area (Å²) in [6.45, 7) is 17.1. The highest BCUT2D eigenvalue weighted by Crippen LogP contribution is 2.28. The van der Waals surface area contributed by atoms with Crippen molar-refractivity contribution in [2.24, 2.45) is 5.92 Å². The van der Waals surface area contributed by atoms with Crippen molar-refractivity contribution in [3.8, 4) is 5.69 Å². The largest absolute Gasteiger partial charge is 0.329 e. The van der Waals surface area contributed by atoms with E-state index < -0.39 is 0 Å². The number of aromatic nitrogens is 2. The highest BCUT2D eigenvalue weighted by Gasteiger charge is 2.24. The summed E-state index contributed by atoms with van der Waals surface area (Å²) in [4.78, 5) is 28.4. The van der Waals surface area contributed by atoms with E-state index in [1.54, 1.807) is 9.58 Å². The van der Waals surface area contributed by atoms with Crippen LogP contribution in [0.3, 0.4) is 0 Å². The summed E-state index contributed by atoms with van der Waals surface area (Å²) in [6.07, 6.45) is 3.27. The van der Waals surface area contributed by atoms with Crippen LogP contribution >= 0.6 is 0 Å². The molecule has 0 unspecified atom stereocenters. The van der Waals surface area contributed by atoms with Crippen molar-refractivity contribution in [2.75, 3.05) is 18.4 Å². The number of benzene rings is 2. The first-order chi connectivity index (χ1) is 17.9. The molecule has 0 aliphatic rings. The van der Waals surface area contributed by atoms with Crippen molar-refractivity contribution in [3.63, 3.8) is 0 Å². The third-order valence-corrected chi connectivity index (χ3v) is 6.55. The zero-order chi connectivity index (χ0) is 28.0. The molecule has 2 amide bonds. The van der Waals surface area contributed by atoms with E-state index in [0.29, 0.717) is 17.9 Å². The smallest absolute Gasteiger partial charge is 0.254 e. The Labute approximate surface area is 228 Å². The number of nitrogens with zero attached hydrogens (tertiary/aromatic N) is 3. The van der Waals surface area contributed by atoms with E-state index >= 15 is 0 Å². The second-order valence-electron chi connectivity index (χ2n) is 11.8. The molecule has 0 fully saturated rings. The second-order valence-corrected chi connectivity index (χ2v) is 11.8. The number of nitrogens with one attached hydrogen (secondary N) is 1. The maximum atomic E-state index is 13.4. The fourth-order valence-corrected chi connectivity index (χ4v) is 4.46. The molecule has 1 N–H and O–H groups in total. The van der Waals surface area contributed by atoms with Crippen molar-refractivity contribution >= 4 is 17.6 Å². The Morgan fingerprint density at radius 1 is 1.03 bits per heavy atom. The van der Waals surface area contributed by atoms with Crippen molar-refractivity contribution < 1.29 is 9.59 Å². The first kappa shape index (κ1) is 29.2. The van der Waals surface area contributed by atoms with Crippen LogP contribution in [0.4, 0.5) is 5.82 Å². The lowest BCUT2D eigenvalue weighted by Gasteiger charge is -2.24. The van der Waals surface area contributed by atoms with E-state index in [-0.39, 0.29) is 29.7 Å². The molecule has 0 atom stereocenters. The van der Waals surface area contributed by atoms with Crippen LogP contribution in [0, 0.1) is 19.8 Å². The molecule has 0 aliphatic heterocycles.